The van der Waals surface area contributed by atoms with Gasteiger partial charge in [0.25, 0.3) is 0 Å². The molecule has 1 atom stereocenters. The fourth-order valence-electron chi connectivity index (χ4n) is 3.38. The van der Waals surface area contributed by atoms with E-state index < -0.39 is 0 Å². The Morgan fingerprint density at radius 3 is 2.73 bits per heavy atom. The summed E-state index contributed by atoms with van der Waals surface area (Å²) in [5.41, 5.74) is 2.11. The molecule has 1 amide bonds. The number of amides is 1. The number of carbonyl (C=O) groups excluding carboxylic acids is 1. The van der Waals surface area contributed by atoms with Crippen LogP contribution in [0.15, 0.2) is 54.6 Å². The average molecular weight is 352 g/mol. The van der Waals surface area contributed by atoms with Crippen LogP contribution in [0.25, 0.3) is 0 Å². The summed E-state index contributed by atoms with van der Waals surface area (Å²) < 4.78 is 6.32. The van der Waals surface area contributed by atoms with Crippen molar-refractivity contribution in [2.45, 2.75) is 38.2 Å². The summed E-state index contributed by atoms with van der Waals surface area (Å²) in [5, 5.41) is 3.20. The maximum absolute atomic E-state index is 12.4. The van der Waals surface area contributed by atoms with Crippen molar-refractivity contribution in [1.82, 2.24) is 5.32 Å². The zero-order valence-electron chi connectivity index (χ0n) is 15.5. The number of hydrogen-bond donors (Lipinski definition) is 1. The molecule has 4 heteroatoms. The Bertz CT molecular complexity index is 702. The predicted octanol–water partition coefficient (Wildman–Crippen LogP) is 4.32. The van der Waals surface area contributed by atoms with E-state index in [-0.39, 0.29) is 12.0 Å². The maximum Gasteiger partial charge on any atom is 0.226 e. The van der Waals surface area contributed by atoms with Crippen LogP contribution in [0.2, 0.25) is 0 Å². The van der Waals surface area contributed by atoms with Crippen molar-refractivity contribution in [2.75, 3.05) is 25.0 Å². The number of rotatable bonds is 7. The van der Waals surface area contributed by atoms with Crippen molar-refractivity contribution >= 4 is 11.6 Å². The Hall–Kier alpha value is -2.33. The summed E-state index contributed by atoms with van der Waals surface area (Å²) >= 11 is 0. The molecule has 1 unspecified atom stereocenters. The largest absolute Gasteiger partial charge is 0.486 e. The smallest absolute Gasteiger partial charge is 0.226 e. The number of benzene rings is 2. The van der Waals surface area contributed by atoms with Crippen LogP contribution in [0.5, 0.6) is 5.75 Å². The summed E-state index contributed by atoms with van der Waals surface area (Å²) in [4.78, 5) is 14.3. The van der Waals surface area contributed by atoms with E-state index in [0.717, 1.165) is 50.2 Å². The van der Waals surface area contributed by atoms with Gasteiger partial charge in [-0.05, 0) is 44.1 Å². The summed E-state index contributed by atoms with van der Waals surface area (Å²) in [6.07, 6.45) is 4.68. The minimum atomic E-state index is -0.0151. The molecule has 1 aliphatic rings. The lowest BCUT2D eigenvalue weighted by atomic mass is 10.1. The van der Waals surface area contributed by atoms with Gasteiger partial charge in [0.05, 0.1) is 0 Å². The second-order valence-corrected chi connectivity index (χ2v) is 6.76. The van der Waals surface area contributed by atoms with E-state index in [1.54, 1.807) is 0 Å². The first-order chi connectivity index (χ1) is 12.8. The number of anilines is 1. The predicted molar refractivity (Wildman–Crippen MR) is 106 cm³/mol. The van der Waals surface area contributed by atoms with Crippen molar-refractivity contribution in [3.63, 3.8) is 0 Å². The molecule has 0 aliphatic carbocycles. The van der Waals surface area contributed by atoms with E-state index in [9.17, 15) is 4.79 Å². The SMILES string of the molecule is CNCCC(Oc1cccc(N2CCCCCC2=O)c1)c1ccccc1. The highest BCUT2D eigenvalue weighted by atomic mass is 16.5. The van der Waals surface area contributed by atoms with Crippen LogP contribution in [-0.2, 0) is 4.79 Å². The molecular formula is C22H28N2O2. The van der Waals surface area contributed by atoms with Crippen LogP contribution < -0.4 is 15.0 Å². The van der Waals surface area contributed by atoms with Gasteiger partial charge in [0.2, 0.25) is 5.91 Å². The molecule has 1 aliphatic heterocycles. The topological polar surface area (TPSA) is 41.6 Å². The minimum absolute atomic E-state index is 0.0151. The molecule has 26 heavy (non-hydrogen) atoms. The molecular weight excluding hydrogens is 324 g/mol. The number of nitrogens with one attached hydrogen (secondary N) is 1. The lowest BCUT2D eigenvalue weighted by molar-refractivity contribution is -0.118. The van der Waals surface area contributed by atoms with Gasteiger partial charge in [0.15, 0.2) is 0 Å². The van der Waals surface area contributed by atoms with Crippen molar-refractivity contribution < 1.29 is 9.53 Å². The van der Waals surface area contributed by atoms with Gasteiger partial charge in [-0.15, -0.1) is 0 Å². The highest BCUT2D eigenvalue weighted by molar-refractivity contribution is 5.93. The number of carbonyl (C=O) groups is 1. The molecule has 3 rings (SSSR count). The zero-order chi connectivity index (χ0) is 18.2. The molecule has 2 aromatic carbocycles. The van der Waals surface area contributed by atoms with Crippen LogP contribution in [-0.4, -0.2) is 26.0 Å². The Balaban J connectivity index is 1.78. The molecule has 4 nitrogen and oxygen atoms in total. The number of hydrogen-bond acceptors (Lipinski definition) is 3. The first kappa shape index (κ1) is 18.5. The Morgan fingerprint density at radius 2 is 1.92 bits per heavy atom. The molecule has 0 bridgehead atoms. The molecule has 1 heterocycles. The lowest BCUT2D eigenvalue weighted by Gasteiger charge is -2.23. The van der Waals surface area contributed by atoms with Crippen LogP contribution in [0.3, 0.4) is 0 Å². The molecule has 0 saturated carbocycles. The second-order valence-electron chi connectivity index (χ2n) is 6.76. The summed E-state index contributed by atoms with van der Waals surface area (Å²) in [6, 6.07) is 18.2. The molecule has 1 fully saturated rings. The van der Waals surface area contributed by atoms with Crippen LogP contribution in [0.1, 0.15) is 43.8 Å². The summed E-state index contributed by atoms with van der Waals surface area (Å²) in [7, 11) is 1.95. The van der Waals surface area contributed by atoms with Gasteiger partial charge in [0.1, 0.15) is 11.9 Å². The van der Waals surface area contributed by atoms with Gasteiger partial charge < -0.3 is 15.0 Å². The van der Waals surface area contributed by atoms with E-state index in [1.165, 1.54) is 5.56 Å². The van der Waals surface area contributed by atoms with E-state index in [1.807, 2.05) is 54.4 Å². The van der Waals surface area contributed by atoms with Crippen LogP contribution in [0.4, 0.5) is 5.69 Å². The third kappa shape index (κ3) is 4.85. The molecule has 138 valence electrons. The van der Waals surface area contributed by atoms with Gasteiger partial charge in [-0.3, -0.25) is 4.79 Å². The average Bonchev–Trinajstić information content (AvgIpc) is 2.90. The van der Waals surface area contributed by atoms with E-state index in [2.05, 4.69) is 17.4 Å². The molecule has 1 saturated heterocycles. The van der Waals surface area contributed by atoms with Gasteiger partial charge in [-0.25, -0.2) is 0 Å². The Kier molecular flexibility index (Phi) is 6.67. The molecule has 0 radical (unpaired) electrons. The van der Waals surface area contributed by atoms with Gasteiger partial charge >= 0.3 is 0 Å². The molecule has 1 N–H and O–H groups in total. The monoisotopic (exact) mass is 352 g/mol. The quantitative estimate of drug-likeness (QED) is 0.807. The molecule has 0 spiro atoms. The van der Waals surface area contributed by atoms with Crippen molar-refractivity contribution in [1.29, 1.82) is 0 Å². The highest BCUT2D eigenvalue weighted by Gasteiger charge is 2.19. The fourth-order valence-corrected chi connectivity index (χ4v) is 3.38. The third-order valence-corrected chi connectivity index (χ3v) is 4.81. The highest BCUT2D eigenvalue weighted by Crippen LogP contribution is 2.29. The summed E-state index contributed by atoms with van der Waals surface area (Å²) in [5.74, 6) is 1.03. The third-order valence-electron chi connectivity index (χ3n) is 4.81. The lowest BCUT2D eigenvalue weighted by Crippen LogP contribution is -2.29. The van der Waals surface area contributed by atoms with E-state index in [0.29, 0.717) is 6.42 Å². The first-order valence-corrected chi connectivity index (χ1v) is 9.54. The maximum atomic E-state index is 12.4. The van der Waals surface area contributed by atoms with Crippen LogP contribution >= 0.6 is 0 Å². The number of nitrogens with zero attached hydrogens (tertiary/aromatic N) is 1. The van der Waals surface area contributed by atoms with Gasteiger partial charge in [0, 0.05) is 31.1 Å². The van der Waals surface area contributed by atoms with Gasteiger partial charge in [-0.1, -0.05) is 42.8 Å². The normalized spacial score (nSPS) is 16.2. The van der Waals surface area contributed by atoms with E-state index >= 15 is 0 Å². The van der Waals surface area contributed by atoms with Crippen molar-refractivity contribution in [3.8, 4) is 5.75 Å². The van der Waals surface area contributed by atoms with Crippen molar-refractivity contribution in [3.05, 3.63) is 60.2 Å². The zero-order valence-corrected chi connectivity index (χ0v) is 15.5. The minimum Gasteiger partial charge on any atom is -0.486 e. The van der Waals surface area contributed by atoms with Crippen molar-refractivity contribution in [2.24, 2.45) is 0 Å². The Morgan fingerprint density at radius 1 is 1.08 bits per heavy atom. The van der Waals surface area contributed by atoms with Gasteiger partial charge in [-0.2, -0.15) is 0 Å². The number of ether oxygens (including phenoxy) is 1. The standard InChI is InChI=1S/C22H28N2O2/c1-23-15-14-21(18-9-4-2-5-10-18)26-20-12-8-11-19(17-20)24-16-7-3-6-13-22(24)25/h2,4-5,8-12,17,21,23H,3,6-7,13-16H2,1H3. The Labute approximate surface area is 156 Å². The molecule has 0 aromatic heterocycles. The second kappa shape index (κ2) is 9.39. The van der Waals surface area contributed by atoms with Crippen LogP contribution in [0, 0.1) is 0 Å². The molecule has 2 aromatic rings. The van der Waals surface area contributed by atoms with E-state index in [4.69, 9.17) is 4.74 Å². The first-order valence-electron chi connectivity index (χ1n) is 9.54. The fraction of sp³-hybridized carbons (Fsp3) is 0.409. The summed E-state index contributed by atoms with van der Waals surface area (Å²) in [6.45, 7) is 1.67.